The van der Waals surface area contributed by atoms with Crippen molar-refractivity contribution in [2.24, 2.45) is 16.8 Å². The van der Waals surface area contributed by atoms with Crippen LogP contribution in [0.15, 0.2) is 17.1 Å². The molecule has 1 aromatic carbocycles. The number of fused-ring (bicyclic) bond motifs is 2. The van der Waals surface area contributed by atoms with Crippen LogP contribution < -0.4 is 5.19 Å². The molecule has 0 aromatic heterocycles. The minimum atomic E-state index is -1.59. The number of phenolic OH excluding ortho intramolecular Hbond substituents is 1. The number of hydrogen-bond acceptors (Lipinski definition) is 2. The van der Waals surface area contributed by atoms with Gasteiger partial charge in [-0.05, 0) is 49.3 Å². The average molecular weight is 506 g/mol. The molecule has 0 radical (unpaired) electrons. The zero-order valence-corrected chi connectivity index (χ0v) is 22.0. The van der Waals surface area contributed by atoms with Crippen molar-refractivity contribution in [3.63, 3.8) is 0 Å². The normalized spacial score (nSPS) is 24.1. The van der Waals surface area contributed by atoms with E-state index in [4.69, 9.17) is 22.0 Å². The van der Waals surface area contributed by atoms with E-state index in [1.165, 1.54) is 54.6 Å². The number of nitrogens with zero attached hydrogens (tertiary/aromatic N) is 1. The summed E-state index contributed by atoms with van der Waals surface area (Å²) in [7, 11) is 8.28. The molecule has 2 aliphatic rings. The molecule has 0 heterocycles. The van der Waals surface area contributed by atoms with Gasteiger partial charge in [0.1, 0.15) is 5.75 Å². The molecule has 2 saturated carbocycles. The van der Waals surface area contributed by atoms with Crippen LogP contribution in [0.3, 0.4) is 0 Å². The Balaban J connectivity index is 0.000000817. The molecule has 3 rings (SSSR count). The van der Waals surface area contributed by atoms with Gasteiger partial charge in [-0.15, -0.1) is 0 Å². The van der Waals surface area contributed by atoms with Gasteiger partial charge in [0.15, 0.2) is 0 Å². The van der Waals surface area contributed by atoms with Gasteiger partial charge in [-0.25, -0.2) is 0 Å². The molecule has 1 N–H and O–H groups in total. The van der Waals surface area contributed by atoms with Gasteiger partial charge in [0.25, 0.3) is 0 Å². The van der Waals surface area contributed by atoms with Crippen molar-refractivity contribution in [1.29, 1.82) is 0 Å². The van der Waals surface area contributed by atoms with Gasteiger partial charge in [-0.1, -0.05) is 57.0 Å². The molecule has 0 saturated heterocycles. The third-order valence-corrected chi connectivity index (χ3v) is 12.6. The van der Waals surface area contributed by atoms with E-state index in [9.17, 15) is 5.11 Å². The standard InChI is InChI=1S/C21H33NOSi.2ClH.Zr/c1-5-24(6-2,7-3)20-11-15(4)10-18(21(20)23)14-22-19-13-16-8-9-17(19)12-16;;;/h10-11,14,16-17,19,23H,5-9,12-13H2,1-4H3;2*1H;/q;;;+2/p-2. The molecule has 2 fully saturated rings. The molecule has 2 nitrogen and oxygen atoms in total. The summed E-state index contributed by atoms with van der Waals surface area (Å²) in [4.78, 5) is 4.91. The Bertz CT molecular complexity index is 643. The number of phenols is 1. The van der Waals surface area contributed by atoms with E-state index in [0.29, 0.717) is 11.8 Å². The second kappa shape index (κ2) is 11.0. The van der Waals surface area contributed by atoms with E-state index < -0.39 is 28.9 Å². The molecule has 2 bridgehead atoms. The van der Waals surface area contributed by atoms with E-state index in [1.54, 1.807) is 0 Å². The van der Waals surface area contributed by atoms with Crippen molar-refractivity contribution in [1.82, 2.24) is 0 Å². The number of aryl methyl sites for hydroxylation is 1. The van der Waals surface area contributed by atoms with Gasteiger partial charge in [-0.2, -0.15) is 0 Å². The van der Waals surface area contributed by atoms with Crippen molar-refractivity contribution in [2.45, 2.75) is 77.6 Å². The average Bonchev–Trinajstić information content (AvgIpc) is 3.28. The van der Waals surface area contributed by atoms with Crippen molar-refractivity contribution in [3.05, 3.63) is 23.3 Å². The summed E-state index contributed by atoms with van der Waals surface area (Å²) >= 11 is -0.826. The molecule has 0 amide bonds. The van der Waals surface area contributed by atoms with Gasteiger partial charge in [0, 0.05) is 11.8 Å². The number of hydrogen-bond donors (Lipinski definition) is 1. The topological polar surface area (TPSA) is 32.6 Å². The number of aliphatic imine (C=N–C) groups is 1. The van der Waals surface area contributed by atoms with Crippen molar-refractivity contribution < 1.29 is 26.0 Å². The monoisotopic (exact) mass is 503 g/mol. The molecule has 27 heavy (non-hydrogen) atoms. The van der Waals surface area contributed by atoms with Gasteiger partial charge in [-0.3, -0.25) is 4.99 Å². The first-order chi connectivity index (χ1) is 12.9. The van der Waals surface area contributed by atoms with Gasteiger partial charge in [0.05, 0.1) is 14.1 Å². The fraction of sp³-hybridized carbons (Fsp3) is 0.667. The first kappa shape index (κ1) is 23.6. The summed E-state index contributed by atoms with van der Waals surface area (Å²) in [5, 5.41) is 12.2. The Morgan fingerprint density at radius 2 is 1.78 bits per heavy atom. The molecule has 1 aromatic rings. The minimum absolute atomic E-state index is 0.498. The van der Waals surface area contributed by atoms with Crippen LogP contribution in [-0.4, -0.2) is 25.4 Å². The number of aromatic hydroxyl groups is 1. The molecular weight excluding hydrogens is 472 g/mol. The van der Waals surface area contributed by atoms with Crippen molar-refractivity contribution >= 4 is 36.5 Å². The molecule has 6 heteroatoms. The Morgan fingerprint density at radius 3 is 2.26 bits per heavy atom. The molecule has 150 valence electrons. The summed E-state index contributed by atoms with van der Waals surface area (Å²) in [5.41, 5.74) is 2.20. The summed E-state index contributed by atoms with van der Waals surface area (Å²) in [6.45, 7) is 9.04. The van der Waals surface area contributed by atoms with E-state index in [0.717, 1.165) is 17.4 Å². The zero-order valence-electron chi connectivity index (χ0n) is 17.1. The maximum absolute atomic E-state index is 11.0. The van der Waals surface area contributed by atoms with Gasteiger partial charge in [0.2, 0.25) is 0 Å². The van der Waals surface area contributed by atoms with E-state index in [-0.39, 0.29) is 0 Å². The van der Waals surface area contributed by atoms with Crippen LogP contribution in [0.1, 0.15) is 57.6 Å². The second-order valence-electron chi connectivity index (χ2n) is 8.18. The van der Waals surface area contributed by atoms with Gasteiger partial charge >= 0.3 is 37.9 Å². The zero-order chi connectivity index (χ0) is 20.0. The third-order valence-electron chi connectivity index (χ3n) is 6.99. The summed E-state index contributed by atoms with van der Waals surface area (Å²) in [5.74, 6) is 2.23. The van der Waals surface area contributed by atoms with E-state index >= 15 is 0 Å². The number of rotatable bonds is 6. The van der Waals surface area contributed by atoms with E-state index in [2.05, 4.69) is 39.8 Å². The molecule has 3 atom stereocenters. The molecule has 0 aliphatic heterocycles. The van der Waals surface area contributed by atoms with Crippen LogP contribution in [-0.2, 0) is 20.8 Å². The Hall–Kier alpha value is 0.370. The van der Waals surface area contributed by atoms with Crippen LogP contribution in [0.4, 0.5) is 0 Å². The first-order valence-corrected chi connectivity index (χ1v) is 19.2. The Kier molecular flexibility index (Phi) is 9.59. The Labute approximate surface area is 184 Å². The quantitative estimate of drug-likeness (QED) is 0.352. The maximum atomic E-state index is 11.0. The van der Waals surface area contributed by atoms with Crippen LogP contribution in [0, 0.1) is 18.8 Å². The fourth-order valence-corrected chi connectivity index (χ4v) is 9.02. The van der Waals surface area contributed by atoms with Crippen LogP contribution in [0.2, 0.25) is 18.1 Å². The van der Waals surface area contributed by atoms with Crippen molar-refractivity contribution in [3.8, 4) is 5.75 Å². The van der Waals surface area contributed by atoms with Crippen molar-refractivity contribution in [2.75, 3.05) is 0 Å². The summed E-state index contributed by atoms with van der Waals surface area (Å²) < 4.78 is 0. The van der Waals surface area contributed by atoms with Gasteiger partial charge < -0.3 is 5.11 Å². The fourth-order valence-electron chi connectivity index (χ4n) is 5.20. The second-order valence-corrected chi connectivity index (χ2v) is 17.1. The molecule has 3 unspecified atom stereocenters. The predicted molar refractivity (Wildman–Crippen MR) is 118 cm³/mol. The molecular formula is C21H33Cl2NOSiZr. The van der Waals surface area contributed by atoms with Crippen LogP contribution >= 0.6 is 17.0 Å². The third kappa shape index (κ3) is 5.50. The molecule has 2 aliphatic carbocycles. The number of benzene rings is 1. The summed E-state index contributed by atoms with van der Waals surface area (Å²) in [6, 6.07) is 8.43. The van der Waals surface area contributed by atoms with Crippen LogP contribution in [0.25, 0.3) is 0 Å². The predicted octanol–water partition coefficient (Wildman–Crippen LogP) is 6.40. The van der Waals surface area contributed by atoms with Crippen LogP contribution in [0.5, 0.6) is 5.75 Å². The van der Waals surface area contributed by atoms with E-state index in [1.807, 2.05) is 6.21 Å². The molecule has 0 spiro atoms. The summed E-state index contributed by atoms with van der Waals surface area (Å²) in [6.07, 6.45) is 7.39. The first-order valence-electron chi connectivity index (χ1n) is 10.3. The SMILES string of the molecule is CC[Si](CC)(CC)c1cc(C)cc(C=NC2CC3CCC2C3)c1O.[Cl][Zr][Cl]. The number of halogens is 2. The Morgan fingerprint density at radius 1 is 1.15 bits per heavy atom.